The van der Waals surface area contributed by atoms with Crippen LogP contribution in [0.1, 0.15) is 19.4 Å². The number of thioether (sulfide) groups is 1. The SMILES string of the molecule is COc1ccc(-c2nnc(SCc3cc(=O)oc4cc(OC)ccc34)n2CC(C)C)cc1. The lowest BCUT2D eigenvalue weighted by Crippen LogP contribution is -2.08. The standard InChI is InChI=1S/C24H25N3O4S/c1-15(2)13-27-23(16-5-7-18(29-3)8-6-16)25-26-24(27)32-14-17-11-22(28)31-21-12-19(30-4)9-10-20(17)21/h5-12,15H,13-14H2,1-4H3. The summed E-state index contributed by atoms with van der Waals surface area (Å²) in [5.41, 5.74) is 1.98. The third-order valence-corrected chi connectivity index (χ3v) is 6.02. The smallest absolute Gasteiger partial charge is 0.336 e. The molecule has 0 saturated carbocycles. The van der Waals surface area contributed by atoms with Crippen molar-refractivity contribution in [2.24, 2.45) is 5.92 Å². The van der Waals surface area contributed by atoms with Crippen LogP contribution in [0, 0.1) is 5.92 Å². The van der Waals surface area contributed by atoms with Gasteiger partial charge in [0.15, 0.2) is 11.0 Å². The van der Waals surface area contributed by atoms with E-state index in [0.29, 0.717) is 23.0 Å². The van der Waals surface area contributed by atoms with Crippen LogP contribution < -0.4 is 15.1 Å². The van der Waals surface area contributed by atoms with Gasteiger partial charge < -0.3 is 18.5 Å². The topological polar surface area (TPSA) is 79.4 Å². The zero-order chi connectivity index (χ0) is 22.7. The van der Waals surface area contributed by atoms with Gasteiger partial charge in [-0.3, -0.25) is 0 Å². The average molecular weight is 452 g/mol. The minimum Gasteiger partial charge on any atom is -0.497 e. The number of methoxy groups -OCH3 is 2. The van der Waals surface area contributed by atoms with Gasteiger partial charge in [0, 0.05) is 35.4 Å². The molecule has 4 aromatic rings. The van der Waals surface area contributed by atoms with Gasteiger partial charge in [-0.05, 0) is 47.9 Å². The van der Waals surface area contributed by atoms with Gasteiger partial charge in [0.2, 0.25) is 0 Å². The van der Waals surface area contributed by atoms with Crippen LogP contribution in [0.15, 0.2) is 62.9 Å². The number of rotatable bonds is 8. The highest BCUT2D eigenvalue weighted by atomic mass is 32.2. The second-order valence-electron chi connectivity index (χ2n) is 7.78. The first kappa shape index (κ1) is 22.0. The summed E-state index contributed by atoms with van der Waals surface area (Å²) in [6, 6.07) is 14.8. The summed E-state index contributed by atoms with van der Waals surface area (Å²) in [6.07, 6.45) is 0. The Hall–Kier alpha value is -3.26. The lowest BCUT2D eigenvalue weighted by Gasteiger charge is -2.13. The fourth-order valence-electron chi connectivity index (χ4n) is 3.48. The number of ether oxygens (including phenoxy) is 2. The molecular formula is C24H25N3O4S. The van der Waals surface area contributed by atoms with E-state index in [1.165, 1.54) is 6.07 Å². The minimum atomic E-state index is -0.385. The summed E-state index contributed by atoms with van der Waals surface area (Å²) in [4.78, 5) is 12.1. The van der Waals surface area contributed by atoms with Gasteiger partial charge in [0.05, 0.1) is 14.2 Å². The van der Waals surface area contributed by atoms with Crippen LogP contribution in [-0.2, 0) is 12.3 Å². The van der Waals surface area contributed by atoms with E-state index in [9.17, 15) is 4.79 Å². The van der Waals surface area contributed by atoms with Crippen molar-refractivity contribution < 1.29 is 13.9 Å². The number of hydrogen-bond donors (Lipinski definition) is 0. The average Bonchev–Trinajstić information content (AvgIpc) is 3.18. The van der Waals surface area contributed by atoms with Crippen LogP contribution in [0.3, 0.4) is 0 Å². The molecule has 0 aliphatic rings. The van der Waals surface area contributed by atoms with E-state index in [1.54, 1.807) is 32.0 Å². The number of fused-ring (bicyclic) bond motifs is 1. The van der Waals surface area contributed by atoms with Gasteiger partial charge >= 0.3 is 5.63 Å². The van der Waals surface area contributed by atoms with Crippen molar-refractivity contribution in [2.45, 2.75) is 31.3 Å². The third kappa shape index (κ3) is 4.65. The molecule has 7 nitrogen and oxygen atoms in total. The number of aromatic nitrogens is 3. The van der Waals surface area contributed by atoms with E-state index in [2.05, 4.69) is 28.6 Å². The highest BCUT2D eigenvalue weighted by molar-refractivity contribution is 7.98. The van der Waals surface area contributed by atoms with Gasteiger partial charge in [0.1, 0.15) is 17.1 Å². The number of hydrogen-bond acceptors (Lipinski definition) is 7. The molecular weight excluding hydrogens is 426 g/mol. The summed E-state index contributed by atoms with van der Waals surface area (Å²) in [6.45, 7) is 5.11. The molecule has 4 rings (SSSR count). The minimum absolute atomic E-state index is 0.385. The molecule has 2 aromatic carbocycles. The van der Waals surface area contributed by atoms with Gasteiger partial charge in [-0.2, -0.15) is 0 Å². The van der Waals surface area contributed by atoms with Crippen molar-refractivity contribution in [1.29, 1.82) is 0 Å². The Labute approximate surface area is 190 Å². The highest BCUT2D eigenvalue weighted by Crippen LogP contribution is 2.31. The lowest BCUT2D eigenvalue weighted by atomic mass is 10.1. The summed E-state index contributed by atoms with van der Waals surface area (Å²) in [5.74, 6) is 3.23. The van der Waals surface area contributed by atoms with Gasteiger partial charge in [-0.1, -0.05) is 25.6 Å². The quantitative estimate of drug-likeness (QED) is 0.275. The molecule has 166 valence electrons. The third-order valence-electron chi connectivity index (χ3n) is 5.01. The lowest BCUT2D eigenvalue weighted by molar-refractivity contribution is 0.414. The zero-order valence-electron chi connectivity index (χ0n) is 18.5. The monoisotopic (exact) mass is 451 g/mol. The Morgan fingerprint density at radius 3 is 2.41 bits per heavy atom. The normalized spacial score (nSPS) is 11.3. The zero-order valence-corrected chi connectivity index (χ0v) is 19.3. The number of benzene rings is 2. The maximum atomic E-state index is 12.1. The van der Waals surface area contributed by atoms with Gasteiger partial charge in [-0.25, -0.2) is 4.79 Å². The van der Waals surface area contributed by atoms with Crippen LogP contribution in [0.25, 0.3) is 22.4 Å². The van der Waals surface area contributed by atoms with Crippen LogP contribution in [0.4, 0.5) is 0 Å². The molecule has 0 amide bonds. The van der Waals surface area contributed by atoms with E-state index in [0.717, 1.165) is 39.8 Å². The maximum absolute atomic E-state index is 12.1. The van der Waals surface area contributed by atoms with E-state index >= 15 is 0 Å². The Balaban J connectivity index is 1.66. The summed E-state index contributed by atoms with van der Waals surface area (Å²) < 4.78 is 18.0. The maximum Gasteiger partial charge on any atom is 0.336 e. The molecule has 0 unspecified atom stereocenters. The predicted molar refractivity (Wildman–Crippen MR) is 125 cm³/mol. The van der Waals surface area contributed by atoms with Crippen molar-refractivity contribution >= 4 is 22.7 Å². The van der Waals surface area contributed by atoms with Crippen LogP contribution >= 0.6 is 11.8 Å². The number of nitrogens with zero attached hydrogens (tertiary/aromatic N) is 3. The molecule has 0 aliphatic heterocycles. The van der Waals surface area contributed by atoms with Crippen LogP contribution in [0.5, 0.6) is 11.5 Å². The second kappa shape index (κ2) is 9.48. The molecule has 0 aliphatic carbocycles. The van der Waals surface area contributed by atoms with Crippen molar-refractivity contribution in [2.75, 3.05) is 14.2 Å². The van der Waals surface area contributed by atoms with E-state index in [-0.39, 0.29) is 5.63 Å². The Kier molecular flexibility index (Phi) is 6.50. The second-order valence-corrected chi connectivity index (χ2v) is 8.72. The molecule has 2 aromatic heterocycles. The Morgan fingerprint density at radius 1 is 1.00 bits per heavy atom. The van der Waals surface area contributed by atoms with E-state index in [1.807, 2.05) is 36.4 Å². The Bertz CT molecular complexity index is 1280. The van der Waals surface area contributed by atoms with Crippen LogP contribution in [0.2, 0.25) is 0 Å². The first-order valence-corrected chi connectivity index (χ1v) is 11.3. The highest BCUT2D eigenvalue weighted by Gasteiger charge is 2.17. The van der Waals surface area contributed by atoms with E-state index in [4.69, 9.17) is 13.9 Å². The first-order chi connectivity index (χ1) is 15.5. The molecule has 0 saturated heterocycles. The van der Waals surface area contributed by atoms with Crippen molar-refractivity contribution in [1.82, 2.24) is 14.8 Å². The molecule has 2 heterocycles. The largest absolute Gasteiger partial charge is 0.497 e. The summed E-state index contributed by atoms with van der Waals surface area (Å²) >= 11 is 1.55. The van der Waals surface area contributed by atoms with E-state index < -0.39 is 0 Å². The van der Waals surface area contributed by atoms with Crippen molar-refractivity contribution in [3.05, 3.63) is 64.5 Å². The fraction of sp³-hybridized carbons (Fsp3) is 0.292. The molecule has 8 heteroatoms. The predicted octanol–water partition coefficient (Wildman–Crippen LogP) is 5.02. The van der Waals surface area contributed by atoms with Crippen molar-refractivity contribution in [3.63, 3.8) is 0 Å². The molecule has 0 radical (unpaired) electrons. The van der Waals surface area contributed by atoms with Gasteiger partial charge in [0.25, 0.3) is 0 Å². The molecule has 0 spiro atoms. The fourth-order valence-corrected chi connectivity index (χ4v) is 4.42. The molecule has 0 bridgehead atoms. The molecule has 32 heavy (non-hydrogen) atoms. The van der Waals surface area contributed by atoms with Crippen LogP contribution in [-0.4, -0.2) is 29.0 Å². The van der Waals surface area contributed by atoms with Crippen molar-refractivity contribution in [3.8, 4) is 22.9 Å². The molecule has 0 N–H and O–H groups in total. The summed E-state index contributed by atoms with van der Waals surface area (Å²) in [7, 11) is 3.23. The molecule has 0 atom stereocenters. The first-order valence-electron chi connectivity index (χ1n) is 10.3. The van der Waals surface area contributed by atoms with Gasteiger partial charge in [-0.15, -0.1) is 10.2 Å². The molecule has 0 fully saturated rings. The summed E-state index contributed by atoms with van der Waals surface area (Å²) in [5, 5.41) is 10.6. The Morgan fingerprint density at radius 2 is 1.72 bits per heavy atom.